The lowest BCUT2D eigenvalue weighted by molar-refractivity contribution is -0.125. The molecule has 0 radical (unpaired) electrons. The number of ether oxygens (including phenoxy) is 2. The Hall–Kier alpha value is -2.44. The van der Waals surface area contributed by atoms with Crippen molar-refractivity contribution in [1.82, 2.24) is 15.5 Å². The summed E-state index contributed by atoms with van der Waals surface area (Å²) in [7, 11) is 5.12. The van der Waals surface area contributed by atoms with E-state index in [1.54, 1.807) is 21.3 Å². The minimum atomic E-state index is 0.202. The molecule has 1 fully saturated rings. The van der Waals surface area contributed by atoms with Crippen molar-refractivity contribution in [3.63, 3.8) is 0 Å². The van der Waals surface area contributed by atoms with E-state index in [1.807, 2.05) is 0 Å². The molecular formula is C22H34N4O3. The molecule has 0 spiro atoms. The van der Waals surface area contributed by atoms with Crippen molar-refractivity contribution in [2.45, 2.75) is 45.1 Å². The van der Waals surface area contributed by atoms with Crippen molar-refractivity contribution >= 4 is 11.9 Å². The van der Waals surface area contributed by atoms with Crippen LogP contribution in [0.1, 0.15) is 43.2 Å². The zero-order valence-electron chi connectivity index (χ0n) is 17.9. The lowest BCUT2D eigenvalue weighted by Crippen LogP contribution is -2.46. The second-order valence-electron chi connectivity index (χ2n) is 7.75. The molecule has 7 nitrogen and oxygen atoms in total. The molecule has 160 valence electrons. The van der Waals surface area contributed by atoms with Crippen molar-refractivity contribution < 1.29 is 14.3 Å². The Morgan fingerprint density at radius 3 is 2.38 bits per heavy atom. The fourth-order valence-corrected chi connectivity index (χ4v) is 4.27. The van der Waals surface area contributed by atoms with Crippen LogP contribution in [0.5, 0.6) is 11.5 Å². The van der Waals surface area contributed by atoms with Gasteiger partial charge in [0.1, 0.15) is 0 Å². The molecule has 1 heterocycles. The summed E-state index contributed by atoms with van der Waals surface area (Å²) >= 11 is 0. The van der Waals surface area contributed by atoms with Crippen LogP contribution in [-0.4, -0.2) is 57.7 Å². The number of amides is 1. The molecule has 1 aromatic rings. The largest absolute Gasteiger partial charge is 0.493 e. The first kappa shape index (κ1) is 21.3. The van der Waals surface area contributed by atoms with Crippen molar-refractivity contribution in [3.05, 3.63) is 23.3 Å². The summed E-state index contributed by atoms with van der Waals surface area (Å²) in [5.74, 6) is 2.79. The fourth-order valence-electron chi connectivity index (χ4n) is 4.27. The summed E-state index contributed by atoms with van der Waals surface area (Å²) in [5.41, 5.74) is 2.51. The van der Waals surface area contributed by atoms with Crippen LogP contribution >= 0.6 is 0 Å². The third-order valence-electron chi connectivity index (χ3n) is 5.91. The second-order valence-corrected chi connectivity index (χ2v) is 7.75. The van der Waals surface area contributed by atoms with Crippen LogP contribution in [0.2, 0.25) is 0 Å². The lowest BCUT2D eigenvalue weighted by Gasteiger charge is -2.32. The molecular weight excluding hydrogens is 368 g/mol. The average Bonchev–Trinajstić information content (AvgIpc) is 2.78. The minimum Gasteiger partial charge on any atom is -0.493 e. The van der Waals surface area contributed by atoms with Crippen LogP contribution in [0.15, 0.2) is 17.1 Å². The van der Waals surface area contributed by atoms with E-state index in [0.717, 1.165) is 49.8 Å². The number of carbonyl (C=O) groups excluding carboxylic acids is 1. The van der Waals surface area contributed by atoms with E-state index in [0.29, 0.717) is 13.1 Å². The Labute approximate surface area is 173 Å². The Bertz CT molecular complexity index is 729. The summed E-state index contributed by atoms with van der Waals surface area (Å²) < 4.78 is 10.9. The van der Waals surface area contributed by atoms with Crippen molar-refractivity contribution in [2.75, 3.05) is 40.9 Å². The number of carbonyl (C=O) groups is 1. The van der Waals surface area contributed by atoms with Gasteiger partial charge in [0, 0.05) is 39.1 Å². The van der Waals surface area contributed by atoms with E-state index in [2.05, 4.69) is 32.7 Å². The Morgan fingerprint density at radius 1 is 1.07 bits per heavy atom. The molecule has 0 unspecified atom stereocenters. The fraction of sp³-hybridized carbons (Fsp3) is 0.636. The maximum Gasteiger partial charge on any atom is 0.223 e. The number of benzene rings is 1. The van der Waals surface area contributed by atoms with Gasteiger partial charge < -0.3 is 25.0 Å². The third kappa shape index (κ3) is 5.34. The summed E-state index contributed by atoms with van der Waals surface area (Å²) in [6.45, 7) is 2.94. The Balaban J connectivity index is 1.50. The van der Waals surface area contributed by atoms with Gasteiger partial charge in [0.25, 0.3) is 0 Å². The van der Waals surface area contributed by atoms with Crippen LogP contribution in [0.4, 0.5) is 0 Å². The van der Waals surface area contributed by atoms with Crippen LogP contribution in [0.3, 0.4) is 0 Å². The molecule has 0 bridgehead atoms. The van der Waals surface area contributed by atoms with E-state index in [1.165, 1.54) is 30.4 Å². The molecule has 3 rings (SSSR count). The van der Waals surface area contributed by atoms with Crippen molar-refractivity contribution in [2.24, 2.45) is 10.9 Å². The molecule has 7 heteroatoms. The summed E-state index contributed by atoms with van der Waals surface area (Å²) in [5, 5.41) is 6.46. The first-order chi connectivity index (χ1) is 14.2. The van der Waals surface area contributed by atoms with Crippen molar-refractivity contribution in [3.8, 4) is 11.5 Å². The SMILES string of the molecule is CN=C(NCCNC(=O)C1CCCCC1)N1CCc2cc(OC)c(OC)cc2C1. The number of hydrogen-bond acceptors (Lipinski definition) is 4. The van der Waals surface area contributed by atoms with Gasteiger partial charge in [-0.3, -0.25) is 9.79 Å². The first-order valence-corrected chi connectivity index (χ1v) is 10.6. The number of nitrogens with zero attached hydrogens (tertiary/aromatic N) is 2. The average molecular weight is 403 g/mol. The number of hydrogen-bond donors (Lipinski definition) is 2. The van der Waals surface area contributed by atoms with Crippen LogP contribution in [0.25, 0.3) is 0 Å². The maximum absolute atomic E-state index is 12.3. The van der Waals surface area contributed by atoms with E-state index < -0.39 is 0 Å². The van der Waals surface area contributed by atoms with Gasteiger partial charge in [-0.1, -0.05) is 19.3 Å². The highest BCUT2D eigenvalue weighted by molar-refractivity contribution is 5.81. The molecule has 0 atom stereocenters. The van der Waals surface area contributed by atoms with Gasteiger partial charge in [-0.2, -0.15) is 0 Å². The summed E-state index contributed by atoms with van der Waals surface area (Å²) in [4.78, 5) is 18.9. The number of nitrogens with one attached hydrogen (secondary N) is 2. The van der Waals surface area contributed by atoms with Gasteiger partial charge in [0.2, 0.25) is 5.91 Å². The third-order valence-corrected chi connectivity index (χ3v) is 5.91. The predicted molar refractivity (Wildman–Crippen MR) is 115 cm³/mol. The molecule has 2 N–H and O–H groups in total. The highest BCUT2D eigenvalue weighted by atomic mass is 16.5. The minimum absolute atomic E-state index is 0.202. The van der Waals surface area contributed by atoms with Crippen LogP contribution < -0.4 is 20.1 Å². The number of fused-ring (bicyclic) bond motifs is 1. The summed E-state index contributed by atoms with van der Waals surface area (Å²) in [6.07, 6.45) is 6.60. The first-order valence-electron chi connectivity index (χ1n) is 10.6. The molecule has 1 aliphatic carbocycles. The van der Waals surface area contributed by atoms with Gasteiger partial charge in [0.15, 0.2) is 17.5 Å². The molecule has 0 aromatic heterocycles. The quantitative estimate of drug-likeness (QED) is 0.434. The Morgan fingerprint density at radius 2 is 1.72 bits per heavy atom. The summed E-state index contributed by atoms with van der Waals surface area (Å²) in [6, 6.07) is 4.13. The molecule has 1 aromatic carbocycles. The van der Waals surface area contributed by atoms with E-state index >= 15 is 0 Å². The standard InChI is InChI=1S/C22H34N4O3/c1-23-22(25-11-10-24-21(27)16-7-5-4-6-8-16)26-12-9-17-13-19(28-2)20(29-3)14-18(17)15-26/h13-14,16H,4-12,15H2,1-3H3,(H,23,25)(H,24,27). The molecule has 1 amide bonds. The van der Waals surface area contributed by atoms with E-state index in [-0.39, 0.29) is 11.8 Å². The van der Waals surface area contributed by atoms with Crippen LogP contribution in [-0.2, 0) is 17.8 Å². The molecule has 2 aliphatic rings. The smallest absolute Gasteiger partial charge is 0.223 e. The monoisotopic (exact) mass is 402 g/mol. The van der Waals surface area contributed by atoms with Gasteiger partial charge >= 0.3 is 0 Å². The predicted octanol–water partition coefficient (Wildman–Crippen LogP) is 2.33. The zero-order chi connectivity index (χ0) is 20.6. The van der Waals surface area contributed by atoms with Gasteiger partial charge in [-0.25, -0.2) is 0 Å². The van der Waals surface area contributed by atoms with Crippen molar-refractivity contribution in [1.29, 1.82) is 0 Å². The second kappa shape index (κ2) is 10.4. The van der Waals surface area contributed by atoms with E-state index in [9.17, 15) is 4.79 Å². The Kier molecular flexibility index (Phi) is 7.61. The zero-order valence-corrected chi connectivity index (χ0v) is 17.9. The van der Waals surface area contributed by atoms with E-state index in [4.69, 9.17) is 9.47 Å². The maximum atomic E-state index is 12.3. The topological polar surface area (TPSA) is 75.2 Å². The lowest BCUT2D eigenvalue weighted by atomic mass is 9.89. The number of rotatable bonds is 6. The van der Waals surface area contributed by atoms with Gasteiger partial charge in [0.05, 0.1) is 14.2 Å². The molecule has 1 saturated carbocycles. The van der Waals surface area contributed by atoms with Gasteiger partial charge in [-0.15, -0.1) is 0 Å². The number of aliphatic imine (C=N–C) groups is 1. The van der Waals surface area contributed by atoms with Gasteiger partial charge in [-0.05, 0) is 42.5 Å². The number of guanidine groups is 1. The normalized spacial score (nSPS) is 17.5. The molecule has 1 aliphatic heterocycles. The molecule has 29 heavy (non-hydrogen) atoms. The van der Waals surface area contributed by atoms with Crippen LogP contribution in [0, 0.1) is 5.92 Å². The molecule has 0 saturated heterocycles. The highest BCUT2D eigenvalue weighted by Crippen LogP contribution is 2.33. The highest BCUT2D eigenvalue weighted by Gasteiger charge is 2.22. The number of methoxy groups -OCH3 is 2.